The topological polar surface area (TPSA) is 79.8 Å². The molecule has 5 rings (SSSR count). The standard InChI is InChI=1S/C26H21FN4O2/c27-20-9-7-17(8-10-20)16-31-24-18(4-3-12-28-24)14-22(26(31)33)25(32)29-13-11-19-15-30-23-6-2-1-5-21(19)23/h1-10,12,14-15,30H,11,13,16H2,(H,29,32). The maximum Gasteiger partial charge on any atom is 0.265 e. The molecule has 0 bridgehead atoms. The van der Waals surface area contributed by atoms with Crippen molar-refractivity contribution in [3.63, 3.8) is 0 Å². The van der Waals surface area contributed by atoms with E-state index in [0.717, 1.165) is 22.0 Å². The van der Waals surface area contributed by atoms with Crippen LogP contribution in [-0.4, -0.2) is 27.0 Å². The van der Waals surface area contributed by atoms with Crippen molar-refractivity contribution in [1.29, 1.82) is 0 Å². The number of halogens is 1. The second-order valence-electron chi connectivity index (χ2n) is 7.86. The number of rotatable bonds is 6. The van der Waals surface area contributed by atoms with Gasteiger partial charge in [0.1, 0.15) is 17.0 Å². The molecule has 2 N–H and O–H groups in total. The number of aromatic nitrogens is 3. The summed E-state index contributed by atoms with van der Waals surface area (Å²) in [4.78, 5) is 33.8. The van der Waals surface area contributed by atoms with Gasteiger partial charge in [0.05, 0.1) is 6.54 Å². The molecule has 3 heterocycles. The van der Waals surface area contributed by atoms with Gasteiger partial charge in [-0.2, -0.15) is 0 Å². The quantitative estimate of drug-likeness (QED) is 0.418. The number of hydrogen-bond donors (Lipinski definition) is 2. The highest BCUT2D eigenvalue weighted by molar-refractivity contribution is 5.97. The normalized spacial score (nSPS) is 11.2. The summed E-state index contributed by atoms with van der Waals surface area (Å²) in [5.74, 6) is -0.782. The van der Waals surface area contributed by atoms with Crippen molar-refractivity contribution in [2.24, 2.45) is 0 Å². The summed E-state index contributed by atoms with van der Waals surface area (Å²) in [6.07, 6.45) is 4.17. The van der Waals surface area contributed by atoms with E-state index >= 15 is 0 Å². The molecule has 1 amide bonds. The Balaban J connectivity index is 1.41. The Morgan fingerprint density at radius 1 is 1.06 bits per heavy atom. The summed E-state index contributed by atoms with van der Waals surface area (Å²) in [5.41, 5.74) is 2.98. The molecule has 0 fully saturated rings. The molecule has 0 atom stereocenters. The summed E-state index contributed by atoms with van der Waals surface area (Å²) in [7, 11) is 0. The lowest BCUT2D eigenvalue weighted by Gasteiger charge is -2.12. The van der Waals surface area contributed by atoms with Crippen molar-refractivity contribution in [2.75, 3.05) is 6.54 Å². The van der Waals surface area contributed by atoms with Crippen LogP contribution in [-0.2, 0) is 13.0 Å². The fraction of sp³-hybridized carbons (Fsp3) is 0.115. The molecule has 0 spiro atoms. The van der Waals surface area contributed by atoms with Gasteiger partial charge in [-0.3, -0.25) is 14.2 Å². The summed E-state index contributed by atoms with van der Waals surface area (Å²) in [6, 6.07) is 19.0. The number of nitrogens with zero attached hydrogens (tertiary/aromatic N) is 2. The molecule has 0 unspecified atom stereocenters. The summed E-state index contributed by atoms with van der Waals surface area (Å²) in [5, 5.41) is 4.67. The maximum atomic E-state index is 13.3. The van der Waals surface area contributed by atoms with Crippen molar-refractivity contribution in [3.8, 4) is 0 Å². The fourth-order valence-electron chi connectivity index (χ4n) is 4.03. The van der Waals surface area contributed by atoms with Gasteiger partial charge in [-0.05, 0) is 53.9 Å². The van der Waals surface area contributed by atoms with Gasteiger partial charge < -0.3 is 10.3 Å². The minimum atomic E-state index is -0.435. The van der Waals surface area contributed by atoms with Gasteiger partial charge in [0.2, 0.25) is 0 Å². The van der Waals surface area contributed by atoms with Gasteiger partial charge >= 0.3 is 0 Å². The van der Waals surface area contributed by atoms with Gasteiger partial charge in [0, 0.05) is 35.2 Å². The van der Waals surface area contributed by atoms with Crippen LogP contribution in [0.5, 0.6) is 0 Å². The van der Waals surface area contributed by atoms with Crippen LogP contribution in [0.2, 0.25) is 0 Å². The van der Waals surface area contributed by atoms with E-state index in [-0.39, 0.29) is 17.9 Å². The molecule has 5 aromatic rings. The molecule has 0 aliphatic heterocycles. The number of fused-ring (bicyclic) bond motifs is 2. The number of benzene rings is 2. The Morgan fingerprint density at radius 3 is 2.73 bits per heavy atom. The third kappa shape index (κ3) is 4.13. The van der Waals surface area contributed by atoms with Crippen LogP contribution in [0.1, 0.15) is 21.5 Å². The number of H-pyrrole nitrogens is 1. The SMILES string of the molecule is O=C(NCCc1c[nH]c2ccccc12)c1cc2cccnc2n(Cc2ccc(F)cc2)c1=O. The predicted molar refractivity (Wildman–Crippen MR) is 126 cm³/mol. The zero-order chi connectivity index (χ0) is 22.8. The van der Waals surface area contributed by atoms with Crippen LogP contribution in [0.3, 0.4) is 0 Å². The molecular formula is C26H21FN4O2. The molecular weight excluding hydrogens is 419 g/mol. The molecule has 6 nitrogen and oxygen atoms in total. The van der Waals surface area contributed by atoms with Crippen molar-refractivity contribution >= 4 is 27.8 Å². The largest absolute Gasteiger partial charge is 0.361 e. The van der Waals surface area contributed by atoms with Crippen molar-refractivity contribution in [1.82, 2.24) is 19.9 Å². The zero-order valence-electron chi connectivity index (χ0n) is 17.7. The Labute approximate surface area is 188 Å². The third-order valence-corrected chi connectivity index (χ3v) is 5.70. The van der Waals surface area contributed by atoms with E-state index in [2.05, 4.69) is 15.3 Å². The minimum Gasteiger partial charge on any atom is -0.361 e. The number of hydrogen-bond acceptors (Lipinski definition) is 3. The number of pyridine rings is 2. The van der Waals surface area contributed by atoms with Crippen molar-refractivity contribution < 1.29 is 9.18 Å². The van der Waals surface area contributed by atoms with Crippen molar-refractivity contribution in [3.05, 3.63) is 112 Å². The number of aromatic amines is 1. The number of carbonyl (C=O) groups excluding carboxylic acids is 1. The Morgan fingerprint density at radius 2 is 1.88 bits per heavy atom. The molecule has 7 heteroatoms. The van der Waals surface area contributed by atoms with E-state index in [1.165, 1.54) is 16.7 Å². The minimum absolute atomic E-state index is 0.0524. The molecule has 3 aromatic heterocycles. The van der Waals surface area contributed by atoms with E-state index in [9.17, 15) is 14.0 Å². The Kier molecular flexibility index (Phi) is 5.44. The first-order valence-electron chi connectivity index (χ1n) is 10.7. The fourth-order valence-corrected chi connectivity index (χ4v) is 4.03. The number of para-hydroxylation sites is 1. The molecule has 0 aliphatic carbocycles. The molecule has 2 aromatic carbocycles. The van der Waals surface area contributed by atoms with Gasteiger partial charge in [-0.25, -0.2) is 9.37 Å². The lowest BCUT2D eigenvalue weighted by atomic mass is 10.1. The van der Waals surface area contributed by atoms with E-state index in [1.54, 1.807) is 30.5 Å². The molecule has 164 valence electrons. The monoisotopic (exact) mass is 440 g/mol. The average Bonchev–Trinajstić information content (AvgIpc) is 3.25. The highest BCUT2D eigenvalue weighted by atomic mass is 19.1. The van der Waals surface area contributed by atoms with E-state index in [0.29, 0.717) is 24.0 Å². The highest BCUT2D eigenvalue weighted by Crippen LogP contribution is 2.18. The molecule has 0 aliphatic rings. The van der Waals surface area contributed by atoms with Crippen LogP contribution < -0.4 is 10.9 Å². The first-order valence-corrected chi connectivity index (χ1v) is 10.7. The zero-order valence-corrected chi connectivity index (χ0v) is 17.7. The van der Waals surface area contributed by atoms with Gasteiger partial charge in [-0.15, -0.1) is 0 Å². The van der Waals surface area contributed by atoms with Gasteiger partial charge in [0.25, 0.3) is 11.5 Å². The smallest absolute Gasteiger partial charge is 0.265 e. The Hall–Kier alpha value is -4.26. The number of amides is 1. The average molecular weight is 440 g/mol. The maximum absolute atomic E-state index is 13.3. The molecule has 0 saturated heterocycles. The highest BCUT2D eigenvalue weighted by Gasteiger charge is 2.16. The number of carbonyl (C=O) groups is 1. The van der Waals surface area contributed by atoms with Crippen LogP contribution in [0, 0.1) is 5.82 Å². The lowest BCUT2D eigenvalue weighted by Crippen LogP contribution is -2.34. The molecule has 0 saturated carbocycles. The third-order valence-electron chi connectivity index (χ3n) is 5.70. The predicted octanol–water partition coefficient (Wildman–Crippen LogP) is 4.04. The first kappa shape index (κ1) is 20.6. The second kappa shape index (κ2) is 8.70. The van der Waals surface area contributed by atoms with E-state index < -0.39 is 11.5 Å². The van der Waals surface area contributed by atoms with Crippen LogP contribution in [0.25, 0.3) is 21.9 Å². The number of nitrogens with one attached hydrogen (secondary N) is 2. The summed E-state index contributed by atoms with van der Waals surface area (Å²) < 4.78 is 14.8. The van der Waals surface area contributed by atoms with Crippen molar-refractivity contribution in [2.45, 2.75) is 13.0 Å². The van der Waals surface area contributed by atoms with Gasteiger partial charge in [-0.1, -0.05) is 30.3 Å². The Bertz CT molecular complexity index is 1520. The molecule has 33 heavy (non-hydrogen) atoms. The summed E-state index contributed by atoms with van der Waals surface area (Å²) >= 11 is 0. The first-order chi connectivity index (χ1) is 16.1. The summed E-state index contributed by atoms with van der Waals surface area (Å²) in [6.45, 7) is 0.576. The van der Waals surface area contributed by atoms with Crippen LogP contribution >= 0.6 is 0 Å². The van der Waals surface area contributed by atoms with E-state index in [1.807, 2.05) is 36.5 Å². The second-order valence-corrected chi connectivity index (χ2v) is 7.86. The van der Waals surface area contributed by atoms with E-state index in [4.69, 9.17) is 0 Å². The van der Waals surface area contributed by atoms with Crippen LogP contribution in [0.4, 0.5) is 4.39 Å². The van der Waals surface area contributed by atoms with Gasteiger partial charge in [0.15, 0.2) is 0 Å². The molecule has 0 radical (unpaired) electrons. The van der Waals surface area contributed by atoms with Crippen LogP contribution in [0.15, 0.2) is 83.9 Å². The lowest BCUT2D eigenvalue weighted by molar-refractivity contribution is 0.0952.